The van der Waals surface area contributed by atoms with Crippen molar-refractivity contribution in [3.8, 4) is 0 Å². The van der Waals surface area contributed by atoms with E-state index in [-0.39, 0.29) is 5.91 Å². The smallest absolute Gasteiger partial charge is 0.318 e. The van der Waals surface area contributed by atoms with E-state index in [0.717, 1.165) is 25.6 Å². The van der Waals surface area contributed by atoms with E-state index in [0.29, 0.717) is 13.1 Å². The fourth-order valence-corrected chi connectivity index (χ4v) is 2.29. The normalized spacial score (nSPS) is 22.0. The number of hydrogen-bond acceptors (Lipinski definition) is 3. The van der Waals surface area contributed by atoms with Crippen LogP contribution in [0.1, 0.15) is 26.7 Å². The van der Waals surface area contributed by atoms with Crippen LogP contribution in [0.3, 0.4) is 0 Å². The zero-order chi connectivity index (χ0) is 13.3. The fraction of sp³-hybridized carbons (Fsp3) is 0.846. The Labute approximate surface area is 108 Å². The molecule has 0 bridgehead atoms. The molecule has 1 saturated heterocycles. The fourth-order valence-electron chi connectivity index (χ4n) is 2.29. The lowest BCUT2D eigenvalue weighted by Gasteiger charge is -2.37. The van der Waals surface area contributed by atoms with Gasteiger partial charge < -0.3 is 10.0 Å². The van der Waals surface area contributed by atoms with Crippen molar-refractivity contribution in [3.05, 3.63) is 0 Å². The minimum absolute atomic E-state index is 0.263. The zero-order valence-electron chi connectivity index (χ0n) is 11.2. The monoisotopic (exact) mass is 254 g/mol. The maximum atomic E-state index is 12.1. The van der Waals surface area contributed by atoms with Crippen LogP contribution >= 0.6 is 0 Å². The molecule has 5 nitrogen and oxygen atoms in total. The Kier molecular flexibility index (Phi) is 3.61. The summed E-state index contributed by atoms with van der Waals surface area (Å²) in [6.07, 6.45) is 2.68. The number of carbonyl (C=O) groups excluding carboxylic acids is 1. The molecule has 0 aromatic heterocycles. The minimum Gasteiger partial charge on any atom is -0.480 e. The summed E-state index contributed by atoms with van der Waals surface area (Å²) in [6, 6.07) is 0. The largest absolute Gasteiger partial charge is 0.480 e. The van der Waals surface area contributed by atoms with Crippen molar-refractivity contribution in [2.75, 3.05) is 32.7 Å². The van der Waals surface area contributed by atoms with Crippen LogP contribution in [0.4, 0.5) is 0 Å². The summed E-state index contributed by atoms with van der Waals surface area (Å²) in [5, 5.41) is 9.06. The molecular weight excluding hydrogens is 232 g/mol. The highest BCUT2D eigenvalue weighted by molar-refractivity contribution is 6.01. The predicted molar refractivity (Wildman–Crippen MR) is 67.2 cm³/mol. The van der Waals surface area contributed by atoms with Gasteiger partial charge in [-0.15, -0.1) is 0 Å². The summed E-state index contributed by atoms with van der Waals surface area (Å²) in [5.74, 6) is -0.448. The lowest BCUT2D eigenvalue weighted by Crippen LogP contribution is -2.53. The number of hydrogen-bond donors (Lipinski definition) is 1. The maximum absolute atomic E-state index is 12.1. The van der Waals surface area contributed by atoms with Crippen molar-refractivity contribution in [2.45, 2.75) is 26.7 Å². The van der Waals surface area contributed by atoms with Crippen LogP contribution in [0.2, 0.25) is 0 Å². The van der Waals surface area contributed by atoms with Gasteiger partial charge in [0.1, 0.15) is 5.41 Å². The number of amides is 1. The van der Waals surface area contributed by atoms with Crippen molar-refractivity contribution in [3.63, 3.8) is 0 Å². The Hall–Kier alpha value is -1.10. The molecule has 1 N–H and O–H groups in total. The molecule has 0 unspecified atom stereocenters. The predicted octanol–water partition coefficient (Wildman–Crippen LogP) is 0.651. The Bertz CT molecular complexity index is 342. The van der Waals surface area contributed by atoms with Crippen LogP contribution in [-0.2, 0) is 9.59 Å². The van der Waals surface area contributed by atoms with E-state index in [4.69, 9.17) is 5.11 Å². The first-order valence-corrected chi connectivity index (χ1v) is 6.66. The summed E-state index contributed by atoms with van der Waals surface area (Å²) in [6.45, 7) is 7.16. The molecule has 1 amide bonds. The van der Waals surface area contributed by atoms with Crippen LogP contribution in [0.15, 0.2) is 0 Å². The highest BCUT2D eigenvalue weighted by atomic mass is 16.4. The van der Waals surface area contributed by atoms with Gasteiger partial charge in [0.25, 0.3) is 0 Å². The highest BCUT2D eigenvalue weighted by Gasteiger charge is 2.40. The molecule has 0 radical (unpaired) electrons. The van der Waals surface area contributed by atoms with Crippen LogP contribution in [0.25, 0.3) is 0 Å². The summed E-state index contributed by atoms with van der Waals surface area (Å²) in [4.78, 5) is 27.3. The number of aliphatic carboxylic acids is 1. The Balaban J connectivity index is 1.84. The first kappa shape index (κ1) is 13.3. The average molecular weight is 254 g/mol. The summed E-state index contributed by atoms with van der Waals surface area (Å²) >= 11 is 0. The number of rotatable bonds is 4. The second kappa shape index (κ2) is 4.88. The number of piperazine rings is 1. The number of nitrogens with zero attached hydrogens (tertiary/aromatic N) is 2. The second-order valence-electron chi connectivity index (χ2n) is 5.97. The molecule has 5 heteroatoms. The number of carbonyl (C=O) groups is 2. The molecule has 0 aromatic carbocycles. The van der Waals surface area contributed by atoms with Gasteiger partial charge in [-0.25, -0.2) is 0 Å². The van der Waals surface area contributed by atoms with E-state index in [1.165, 1.54) is 26.7 Å². The van der Waals surface area contributed by atoms with Crippen LogP contribution in [0, 0.1) is 11.3 Å². The summed E-state index contributed by atoms with van der Waals surface area (Å²) in [5.41, 5.74) is -1.31. The van der Waals surface area contributed by atoms with Crippen LogP contribution < -0.4 is 0 Å². The molecule has 1 aliphatic heterocycles. The minimum atomic E-state index is -1.31. The molecule has 0 atom stereocenters. The van der Waals surface area contributed by atoms with E-state index in [1.54, 1.807) is 4.90 Å². The van der Waals surface area contributed by atoms with Gasteiger partial charge in [0.2, 0.25) is 5.91 Å². The van der Waals surface area contributed by atoms with Gasteiger partial charge in [0.15, 0.2) is 0 Å². The molecule has 1 heterocycles. The third-order valence-corrected chi connectivity index (χ3v) is 3.94. The second-order valence-corrected chi connectivity index (χ2v) is 5.97. The zero-order valence-corrected chi connectivity index (χ0v) is 11.2. The molecule has 2 fully saturated rings. The summed E-state index contributed by atoms with van der Waals surface area (Å²) < 4.78 is 0. The molecule has 0 aromatic rings. The van der Waals surface area contributed by atoms with Gasteiger partial charge in [-0.2, -0.15) is 0 Å². The molecule has 1 aliphatic carbocycles. The van der Waals surface area contributed by atoms with E-state index in [1.807, 2.05) is 0 Å². The van der Waals surface area contributed by atoms with Gasteiger partial charge in [-0.05, 0) is 32.6 Å². The van der Waals surface area contributed by atoms with Crippen molar-refractivity contribution < 1.29 is 14.7 Å². The Morgan fingerprint density at radius 2 is 1.72 bits per heavy atom. The quantitative estimate of drug-likeness (QED) is 0.748. The van der Waals surface area contributed by atoms with Crippen molar-refractivity contribution in [1.29, 1.82) is 0 Å². The lowest BCUT2D eigenvalue weighted by atomic mass is 9.91. The number of carboxylic acids is 1. The molecule has 102 valence electrons. The highest BCUT2D eigenvalue weighted by Crippen LogP contribution is 2.30. The standard InChI is InChI=1S/C13H22N2O3/c1-13(2,12(17)18)11(16)15-7-5-14(6-8-15)9-10-3-4-10/h10H,3-9H2,1-2H3,(H,17,18). The third kappa shape index (κ3) is 2.83. The number of carboxylic acid groups (broad SMARTS) is 1. The Morgan fingerprint density at radius 1 is 1.17 bits per heavy atom. The molecule has 1 saturated carbocycles. The van der Waals surface area contributed by atoms with E-state index in [2.05, 4.69) is 4.90 Å². The van der Waals surface area contributed by atoms with Gasteiger partial charge >= 0.3 is 5.97 Å². The van der Waals surface area contributed by atoms with Gasteiger partial charge in [-0.1, -0.05) is 0 Å². The van der Waals surface area contributed by atoms with E-state index >= 15 is 0 Å². The van der Waals surface area contributed by atoms with E-state index in [9.17, 15) is 9.59 Å². The summed E-state index contributed by atoms with van der Waals surface area (Å²) in [7, 11) is 0. The molecule has 2 rings (SSSR count). The first-order valence-electron chi connectivity index (χ1n) is 6.66. The van der Waals surface area contributed by atoms with Gasteiger partial charge in [0, 0.05) is 32.7 Å². The molecule has 18 heavy (non-hydrogen) atoms. The molecule has 0 spiro atoms. The van der Waals surface area contributed by atoms with Crippen molar-refractivity contribution in [2.24, 2.45) is 11.3 Å². The molecular formula is C13H22N2O3. The van der Waals surface area contributed by atoms with Crippen molar-refractivity contribution >= 4 is 11.9 Å². The SMILES string of the molecule is CC(C)(C(=O)O)C(=O)N1CCN(CC2CC2)CC1. The topological polar surface area (TPSA) is 60.9 Å². The average Bonchev–Trinajstić information content (AvgIpc) is 3.13. The maximum Gasteiger partial charge on any atom is 0.318 e. The lowest BCUT2D eigenvalue weighted by molar-refractivity contribution is -0.159. The van der Waals surface area contributed by atoms with Crippen LogP contribution in [-0.4, -0.2) is 59.5 Å². The van der Waals surface area contributed by atoms with Crippen LogP contribution in [0.5, 0.6) is 0 Å². The third-order valence-electron chi connectivity index (χ3n) is 3.94. The van der Waals surface area contributed by atoms with Gasteiger partial charge in [0.05, 0.1) is 0 Å². The van der Waals surface area contributed by atoms with Gasteiger partial charge in [-0.3, -0.25) is 14.5 Å². The van der Waals surface area contributed by atoms with E-state index < -0.39 is 11.4 Å². The molecule has 2 aliphatic rings. The Morgan fingerprint density at radius 3 is 2.17 bits per heavy atom. The first-order chi connectivity index (χ1) is 8.41. The van der Waals surface area contributed by atoms with Crippen molar-refractivity contribution in [1.82, 2.24) is 9.80 Å².